The van der Waals surface area contributed by atoms with Gasteiger partial charge in [0.05, 0.1) is 12.3 Å². The lowest BCUT2D eigenvalue weighted by Crippen LogP contribution is -2.25. The Hall–Kier alpha value is -3.81. The number of nitriles is 1. The monoisotopic (exact) mass is 488 g/mol. The highest BCUT2D eigenvalue weighted by Crippen LogP contribution is 2.37. The molecule has 0 spiro atoms. The van der Waals surface area contributed by atoms with Gasteiger partial charge in [-0.15, -0.1) is 0 Å². The fourth-order valence-corrected chi connectivity index (χ4v) is 3.71. The van der Waals surface area contributed by atoms with Crippen molar-refractivity contribution < 1.29 is 22.5 Å². The Labute approximate surface area is 200 Å². The van der Waals surface area contributed by atoms with E-state index in [-0.39, 0.29) is 23.2 Å². The van der Waals surface area contributed by atoms with Crippen molar-refractivity contribution in [3.05, 3.63) is 47.2 Å². The van der Waals surface area contributed by atoms with E-state index in [4.69, 9.17) is 10.3 Å². The summed E-state index contributed by atoms with van der Waals surface area (Å²) in [6.07, 6.45) is -5.45. The number of carbonyl (C=O) groups excluding carboxylic acids is 1. The maximum atomic E-state index is 12.8. The third-order valence-corrected chi connectivity index (χ3v) is 5.70. The zero-order valence-corrected chi connectivity index (χ0v) is 20.1. The molecule has 8 nitrogen and oxygen atoms in total. The standard InChI is InChI=1S/C24H27F3N6O2/c1-13(2)33-21(29)17(11-28)20(31-33)16-8-6-15(7-9-16)14(3)22(34)30-19-10-18(35-32-19)23(4,5)12-24(25,26)27/h6-10,13-14H,12,29H2,1-5H3,(H,30,32,34). The average molecular weight is 489 g/mol. The van der Waals surface area contributed by atoms with E-state index in [0.717, 1.165) is 0 Å². The van der Waals surface area contributed by atoms with Crippen LogP contribution in [0.3, 0.4) is 0 Å². The van der Waals surface area contributed by atoms with Gasteiger partial charge in [0.2, 0.25) is 5.91 Å². The minimum absolute atomic E-state index is 0.0186. The van der Waals surface area contributed by atoms with E-state index < -0.39 is 29.8 Å². The Morgan fingerprint density at radius 3 is 2.40 bits per heavy atom. The van der Waals surface area contributed by atoms with Gasteiger partial charge < -0.3 is 15.6 Å². The summed E-state index contributed by atoms with van der Waals surface area (Å²) >= 11 is 0. The van der Waals surface area contributed by atoms with Crippen molar-refractivity contribution >= 4 is 17.5 Å². The molecule has 2 heterocycles. The second kappa shape index (κ2) is 9.44. The number of hydrogen-bond acceptors (Lipinski definition) is 6. The SMILES string of the molecule is CC(C(=O)Nc1cc(C(C)(C)CC(F)(F)F)on1)c1ccc(-c2nn(C(C)C)c(N)c2C#N)cc1. The molecule has 1 amide bonds. The van der Waals surface area contributed by atoms with Crippen molar-refractivity contribution in [1.29, 1.82) is 5.26 Å². The molecular formula is C24H27F3N6O2. The van der Waals surface area contributed by atoms with Crippen molar-refractivity contribution in [2.45, 2.75) is 64.6 Å². The van der Waals surface area contributed by atoms with Crippen LogP contribution < -0.4 is 11.1 Å². The molecule has 0 bridgehead atoms. The van der Waals surface area contributed by atoms with Crippen LogP contribution in [0, 0.1) is 11.3 Å². The molecule has 0 saturated heterocycles. The van der Waals surface area contributed by atoms with Gasteiger partial charge in [-0.1, -0.05) is 43.3 Å². The van der Waals surface area contributed by atoms with E-state index in [1.807, 2.05) is 13.8 Å². The number of halogens is 3. The molecule has 0 aliphatic rings. The molecule has 0 fully saturated rings. The number of aromatic nitrogens is 3. The van der Waals surface area contributed by atoms with Crippen molar-refractivity contribution in [1.82, 2.24) is 14.9 Å². The van der Waals surface area contributed by atoms with Crippen LogP contribution in [0.15, 0.2) is 34.9 Å². The number of nitrogens with two attached hydrogens (primary N) is 1. The second-order valence-corrected chi connectivity index (χ2v) is 9.34. The van der Waals surface area contributed by atoms with Gasteiger partial charge in [-0.25, -0.2) is 4.68 Å². The summed E-state index contributed by atoms with van der Waals surface area (Å²) in [5.74, 6) is -0.647. The molecule has 1 atom stereocenters. The number of alkyl halides is 3. The van der Waals surface area contributed by atoms with Gasteiger partial charge in [-0.2, -0.15) is 23.5 Å². The zero-order chi connectivity index (χ0) is 26.1. The molecule has 11 heteroatoms. The van der Waals surface area contributed by atoms with E-state index in [2.05, 4.69) is 21.6 Å². The Balaban J connectivity index is 1.74. The quantitative estimate of drug-likeness (QED) is 0.450. The third kappa shape index (κ3) is 5.65. The number of nitrogens with one attached hydrogen (secondary N) is 1. The van der Waals surface area contributed by atoms with Crippen molar-refractivity contribution in [3.8, 4) is 17.3 Å². The molecular weight excluding hydrogens is 461 g/mol. The van der Waals surface area contributed by atoms with Crippen molar-refractivity contribution in [2.24, 2.45) is 0 Å². The van der Waals surface area contributed by atoms with E-state index in [1.165, 1.54) is 19.9 Å². The van der Waals surface area contributed by atoms with Crippen LogP contribution in [0.2, 0.25) is 0 Å². The third-order valence-electron chi connectivity index (χ3n) is 5.70. The Morgan fingerprint density at radius 1 is 1.23 bits per heavy atom. The van der Waals surface area contributed by atoms with Gasteiger partial charge in [-0.3, -0.25) is 4.79 Å². The molecule has 0 aliphatic heterocycles. The summed E-state index contributed by atoms with van der Waals surface area (Å²) in [5.41, 5.74) is 6.83. The van der Waals surface area contributed by atoms with Crippen LogP contribution in [-0.4, -0.2) is 27.0 Å². The van der Waals surface area contributed by atoms with E-state index in [0.29, 0.717) is 22.6 Å². The normalized spacial score (nSPS) is 13.0. The molecule has 0 aliphatic carbocycles. The van der Waals surface area contributed by atoms with E-state index >= 15 is 0 Å². The molecule has 3 rings (SSSR count). The summed E-state index contributed by atoms with van der Waals surface area (Å²) in [6.45, 7) is 8.30. The number of rotatable bonds is 7. The highest BCUT2D eigenvalue weighted by Gasteiger charge is 2.40. The van der Waals surface area contributed by atoms with Crippen LogP contribution in [0.4, 0.5) is 24.8 Å². The van der Waals surface area contributed by atoms with Gasteiger partial charge in [0.1, 0.15) is 28.9 Å². The molecule has 1 unspecified atom stereocenters. The molecule has 1 aromatic carbocycles. The highest BCUT2D eigenvalue weighted by molar-refractivity contribution is 5.94. The second-order valence-electron chi connectivity index (χ2n) is 9.34. The number of nitrogen functional groups attached to an aromatic ring is 1. The first-order chi connectivity index (χ1) is 16.2. The lowest BCUT2D eigenvalue weighted by Gasteiger charge is -2.22. The fraction of sp³-hybridized carbons (Fsp3) is 0.417. The number of hydrogen-bond donors (Lipinski definition) is 2. The maximum Gasteiger partial charge on any atom is 0.390 e. The Kier molecular flexibility index (Phi) is 6.96. The largest absolute Gasteiger partial charge is 0.390 e. The first-order valence-corrected chi connectivity index (χ1v) is 11.0. The number of carbonyl (C=O) groups is 1. The van der Waals surface area contributed by atoms with E-state index in [1.54, 1.807) is 35.9 Å². The van der Waals surface area contributed by atoms with Gasteiger partial charge in [0, 0.05) is 23.1 Å². The van der Waals surface area contributed by atoms with Gasteiger partial charge in [0.15, 0.2) is 5.82 Å². The van der Waals surface area contributed by atoms with Crippen molar-refractivity contribution in [3.63, 3.8) is 0 Å². The first kappa shape index (κ1) is 25.8. The van der Waals surface area contributed by atoms with Crippen LogP contribution in [0.1, 0.15) is 69.9 Å². The van der Waals surface area contributed by atoms with Gasteiger partial charge in [0.25, 0.3) is 0 Å². The van der Waals surface area contributed by atoms with Crippen LogP contribution in [0.25, 0.3) is 11.3 Å². The fourth-order valence-electron chi connectivity index (χ4n) is 3.71. The lowest BCUT2D eigenvalue weighted by atomic mass is 9.86. The number of amides is 1. The highest BCUT2D eigenvalue weighted by atomic mass is 19.4. The minimum Gasteiger partial charge on any atom is -0.383 e. The van der Waals surface area contributed by atoms with E-state index in [9.17, 15) is 23.2 Å². The molecule has 0 saturated carbocycles. The number of nitrogens with zero attached hydrogens (tertiary/aromatic N) is 4. The summed E-state index contributed by atoms with van der Waals surface area (Å²) in [5, 5.41) is 20.3. The van der Waals surface area contributed by atoms with Crippen molar-refractivity contribution in [2.75, 3.05) is 11.1 Å². The average Bonchev–Trinajstić information content (AvgIpc) is 3.36. The number of benzene rings is 1. The molecule has 3 N–H and O–H groups in total. The molecule has 0 radical (unpaired) electrons. The molecule has 35 heavy (non-hydrogen) atoms. The first-order valence-electron chi connectivity index (χ1n) is 11.0. The number of anilines is 2. The Bertz CT molecular complexity index is 1250. The van der Waals surface area contributed by atoms with Crippen LogP contribution in [-0.2, 0) is 10.2 Å². The Morgan fingerprint density at radius 2 is 1.86 bits per heavy atom. The lowest BCUT2D eigenvalue weighted by molar-refractivity contribution is -0.147. The minimum atomic E-state index is -4.37. The zero-order valence-electron chi connectivity index (χ0n) is 20.1. The smallest absolute Gasteiger partial charge is 0.383 e. The predicted octanol–water partition coefficient (Wildman–Crippen LogP) is 5.55. The summed E-state index contributed by atoms with van der Waals surface area (Å²) < 4.78 is 45.1. The molecule has 2 aromatic heterocycles. The topological polar surface area (TPSA) is 123 Å². The van der Waals surface area contributed by atoms with Crippen LogP contribution >= 0.6 is 0 Å². The summed E-state index contributed by atoms with van der Waals surface area (Å²) in [7, 11) is 0. The predicted molar refractivity (Wildman–Crippen MR) is 124 cm³/mol. The van der Waals surface area contributed by atoms with Crippen LogP contribution in [0.5, 0.6) is 0 Å². The maximum absolute atomic E-state index is 12.8. The molecule has 186 valence electrons. The van der Waals surface area contributed by atoms with Gasteiger partial charge >= 0.3 is 6.18 Å². The summed E-state index contributed by atoms with van der Waals surface area (Å²) in [6, 6.07) is 10.4. The molecule has 3 aromatic rings. The summed E-state index contributed by atoms with van der Waals surface area (Å²) in [4.78, 5) is 12.7. The van der Waals surface area contributed by atoms with Gasteiger partial charge in [-0.05, 0) is 26.3 Å².